The lowest BCUT2D eigenvalue weighted by Crippen LogP contribution is -2.65. The largest absolute Gasteiger partial charge is 0.431 e. The first-order valence-corrected chi connectivity index (χ1v) is 5.22. The van der Waals surface area contributed by atoms with Gasteiger partial charge in [0.25, 0.3) is 0 Å². The van der Waals surface area contributed by atoms with Crippen molar-refractivity contribution in [2.45, 2.75) is 32.0 Å². The molecule has 1 fully saturated rings. The monoisotopic (exact) mass is 212 g/mol. The van der Waals surface area contributed by atoms with E-state index in [1.54, 1.807) is 14.0 Å². The van der Waals surface area contributed by atoms with Crippen LogP contribution in [0.1, 0.15) is 20.3 Å². The molecule has 2 aliphatic rings. The molecule has 1 saturated carbocycles. The topological polar surface area (TPSA) is 44.8 Å². The van der Waals surface area contributed by atoms with E-state index in [-0.39, 0.29) is 18.0 Å². The second-order valence-electron chi connectivity index (χ2n) is 3.97. The summed E-state index contributed by atoms with van der Waals surface area (Å²) in [6.07, 6.45) is 2.52. The molecule has 15 heavy (non-hydrogen) atoms. The molecular weight excluding hydrogens is 196 g/mol. The normalized spacial score (nSPS) is 38.9. The second-order valence-corrected chi connectivity index (χ2v) is 3.97. The van der Waals surface area contributed by atoms with Gasteiger partial charge in [0.05, 0.1) is 12.0 Å². The first-order chi connectivity index (χ1) is 7.14. The fraction of sp³-hybridized carbons (Fsp3) is 0.727. The molecule has 4 nitrogen and oxygen atoms in total. The minimum Gasteiger partial charge on any atom is -0.431 e. The third-order valence-electron chi connectivity index (χ3n) is 3.19. The lowest BCUT2D eigenvalue weighted by molar-refractivity contribution is -0.219. The summed E-state index contributed by atoms with van der Waals surface area (Å²) in [4.78, 5) is 11.6. The van der Waals surface area contributed by atoms with Crippen LogP contribution in [0.3, 0.4) is 0 Å². The van der Waals surface area contributed by atoms with E-state index in [1.165, 1.54) is 0 Å². The molecule has 0 spiro atoms. The van der Waals surface area contributed by atoms with Gasteiger partial charge in [-0.05, 0) is 26.3 Å². The van der Waals surface area contributed by atoms with Crippen LogP contribution in [0.15, 0.2) is 11.8 Å². The van der Waals surface area contributed by atoms with Crippen LogP contribution in [0.25, 0.3) is 0 Å². The predicted octanol–water partition coefficient (Wildman–Crippen LogP) is 1.26. The third kappa shape index (κ3) is 1.40. The minimum absolute atomic E-state index is 0.0275. The molecule has 1 aliphatic heterocycles. The van der Waals surface area contributed by atoms with Gasteiger partial charge >= 0.3 is 5.97 Å². The third-order valence-corrected chi connectivity index (χ3v) is 3.19. The molecule has 1 aliphatic carbocycles. The van der Waals surface area contributed by atoms with Crippen LogP contribution in [-0.4, -0.2) is 31.4 Å². The Kier molecular flexibility index (Phi) is 2.56. The van der Waals surface area contributed by atoms with Gasteiger partial charge < -0.3 is 14.2 Å². The Bertz CT molecular complexity index is 310. The van der Waals surface area contributed by atoms with Crippen LogP contribution in [0.4, 0.5) is 0 Å². The van der Waals surface area contributed by atoms with Gasteiger partial charge in [0.2, 0.25) is 0 Å². The highest BCUT2D eigenvalue weighted by atomic mass is 16.6. The molecule has 3 atom stereocenters. The molecule has 0 aromatic carbocycles. The highest BCUT2D eigenvalue weighted by Gasteiger charge is 2.61. The molecule has 0 radical (unpaired) electrons. The molecule has 1 heterocycles. The van der Waals surface area contributed by atoms with Gasteiger partial charge in [-0.1, -0.05) is 0 Å². The molecule has 4 heteroatoms. The SMILES string of the molecule is CCOC1CC2C(=O)OC(C)=CC12OC. The summed E-state index contributed by atoms with van der Waals surface area (Å²) in [6, 6.07) is 0. The number of rotatable bonds is 3. The zero-order chi connectivity index (χ0) is 11.1. The summed E-state index contributed by atoms with van der Waals surface area (Å²) in [6.45, 7) is 4.33. The average Bonchev–Trinajstić information content (AvgIpc) is 2.18. The van der Waals surface area contributed by atoms with Crippen molar-refractivity contribution < 1.29 is 19.0 Å². The number of methoxy groups -OCH3 is 1. The van der Waals surface area contributed by atoms with Crippen LogP contribution in [0.2, 0.25) is 0 Å². The molecule has 0 aromatic rings. The number of carbonyl (C=O) groups excluding carboxylic acids is 1. The zero-order valence-electron chi connectivity index (χ0n) is 9.28. The molecule has 0 aromatic heterocycles. The van der Waals surface area contributed by atoms with Gasteiger partial charge in [0.15, 0.2) is 0 Å². The predicted molar refractivity (Wildman–Crippen MR) is 53.1 cm³/mol. The molecule has 84 valence electrons. The number of fused-ring (bicyclic) bond motifs is 1. The van der Waals surface area contributed by atoms with E-state index in [4.69, 9.17) is 14.2 Å². The van der Waals surface area contributed by atoms with Crippen LogP contribution in [-0.2, 0) is 19.0 Å². The number of hydrogen-bond donors (Lipinski definition) is 0. The van der Waals surface area contributed by atoms with Crippen molar-refractivity contribution in [3.63, 3.8) is 0 Å². The van der Waals surface area contributed by atoms with E-state index in [9.17, 15) is 4.79 Å². The van der Waals surface area contributed by atoms with E-state index >= 15 is 0 Å². The highest BCUT2D eigenvalue weighted by Crippen LogP contribution is 2.48. The highest BCUT2D eigenvalue weighted by molar-refractivity contribution is 5.79. The van der Waals surface area contributed by atoms with Crippen molar-refractivity contribution in [1.29, 1.82) is 0 Å². The van der Waals surface area contributed by atoms with Crippen molar-refractivity contribution in [1.82, 2.24) is 0 Å². The number of esters is 1. The Morgan fingerprint density at radius 3 is 3.00 bits per heavy atom. The second kappa shape index (κ2) is 3.61. The maximum atomic E-state index is 11.6. The Hall–Kier alpha value is -0.870. The summed E-state index contributed by atoms with van der Waals surface area (Å²) in [7, 11) is 1.61. The average molecular weight is 212 g/mol. The van der Waals surface area contributed by atoms with E-state index in [0.29, 0.717) is 18.8 Å². The number of hydrogen-bond acceptors (Lipinski definition) is 4. The summed E-state index contributed by atoms with van der Waals surface area (Å²) in [5.41, 5.74) is -0.588. The van der Waals surface area contributed by atoms with E-state index < -0.39 is 5.60 Å². The number of carbonyl (C=O) groups is 1. The number of allylic oxidation sites excluding steroid dienone is 1. The molecule has 0 bridgehead atoms. The Balaban J connectivity index is 2.26. The first-order valence-electron chi connectivity index (χ1n) is 5.22. The van der Waals surface area contributed by atoms with Gasteiger partial charge in [-0.3, -0.25) is 4.79 Å². The molecule has 0 amide bonds. The van der Waals surface area contributed by atoms with Crippen molar-refractivity contribution >= 4 is 5.97 Å². The Morgan fingerprint density at radius 1 is 1.67 bits per heavy atom. The quantitative estimate of drug-likeness (QED) is 0.661. The van der Waals surface area contributed by atoms with Gasteiger partial charge in [0.1, 0.15) is 11.4 Å². The van der Waals surface area contributed by atoms with Crippen LogP contribution in [0.5, 0.6) is 0 Å². The lowest BCUT2D eigenvalue weighted by atomic mass is 9.65. The molecule has 0 N–H and O–H groups in total. The maximum absolute atomic E-state index is 11.6. The molecule has 3 unspecified atom stereocenters. The van der Waals surface area contributed by atoms with Crippen LogP contribution in [0, 0.1) is 5.92 Å². The van der Waals surface area contributed by atoms with Gasteiger partial charge in [-0.25, -0.2) is 0 Å². The minimum atomic E-state index is -0.588. The number of ether oxygens (including phenoxy) is 3. The zero-order valence-corrected chi connectivity index (χ0v) is 9.28. The molecule has 0 saturated heterocycles. The van der Waals surface area contributed by atoms with E-state index in [0.717, 1.165) is 0 Å². The van der Waals surface area contributed by atoms with Crippen LogP contribution >= 0.6 is 0 Å². The van der Waals surface area contributed by atoms with Crippen molar-refractivity contribution in [2.24, 2.45) is 5.92 Å². The van der Waals surface area contributed by atoms with Crippen molar-refractivity contribution in [3.8, 4) is 0 Å². The van der Waals surface area contributed by atoms with E-state index in [1.807, 2.05) is 13.0 Å². The van der Waals surface area contributed by atoms with Gasteiger partial charge in [-0.2, -0.15) is 0 Å². The first kappa shape index (κ1) is 10.6. The Labute approximate surface area is 89.2 Å². The maximum Gasteiger partial charge on any atom is 0.317 e. The summed E-state index contributed by atoms with van der Waals surface area (Å²) >= 11 is 0. The smallest absolute Gasteiger partial charge is 0.317 e. The Morgan fingerprint density at radius 2 is 2.40 bits per heavy atom. The fourth-order valence-corrected chi connectivity index (χ4v) is 2.43. The van der Waals surface area contributed by atoms with Gasteiger partial charge in [-0.15, -0.1) is 0 Å². The summed E-state index contributed by atoms with van der Waals surface area (Å²) in [5.74, 6) is 0.193. The van der Waals surface area contributed by atoms with Crippen molar-refractivity contribution in [3.05, 3.63) is 11.8 Å². The van der Waals surface area contributed by atoms with E-state index in [2.05, 4.69) is 0 Å². The fourth-order valence-electron chi connectivity index (χ4n) is 2.43. The lowest BCUT2D eigenvalue weighted by Gasteiger charge is -2.52. The standard InChI is InChI=1S/C11H16O4/c1-4-14-9-5-8-10(12)15-7(2)6-11(8,9)13-3/h6,8-9H,4-5H2,1-3H3. The van der Waals surface area contributed by atoms with Gasteiger partial charge in [0, 0.05) is 13.7 Å². The summed E-state index contributed by atoms with van der Waals surface area (Å²) in [5, 5.41) is 0. The van der Waals surface area contributed by atoms with Crippen molar-refractivity contribution in [2.75, 3.05) is 13.7 Å². The molecular formula is C11H16O4. The van der Waals surface area contributed by atoms with Crippen LogP contribution < -0.4 is 0 Å². The number of cyclic esters (lactones) is 1. The summed E-state index contributed by atoms with van der Waals surface area (Å²) < 4.78 is 16.1. The molecule has 2 rings (SSSR count).